The van der Waals surface area contributed by atoms with Crippen molar-refractivity contribution < 1.29 is 12.8 Å². The van der Waals surface area contributed by atoms with Gasteiger partial charge in [-0.1, -0.05) is 36.4 Å². The Kier molecular flexibility index (Phi) is 6.04. The van der Waals surface area contributed by atoms with E-state index in [1.807, 2.05) is 36.0 Å². The van der Waals surface area contributed by atoms with Gasteiger partial charge in [0.1, 0.15) is 5.82 Å². The zero-order chi connectivity index (χ0) is 21.1. The van der Waals surface area contributed by atoms with Crippen LogP contribution in [0.5, 0.6) is 0 Å². The second-order valence-corrected chi connectivity index (χ2v) is 9.59. The van der Waals surface area contributed by atoms with Crippen LogP contribution in [0, 0.1) is 5.82 Å². The average molecular weight is 428 g/mol. The van der Waals surface area contributed by atoms with Gasteiger partial charge in [-0.3, -0.25) is 4.90 Å². The maximum atomic E-state index is 13.1. The van der Waals surface area contributed by atoms with Crippen LogP contribution in [0.1, 0.15) is 28.4 Å². The van der Waals surface area contributed by atoms with E-state index in [0.29, 0.717) is 5.56 Å². The molecule has 2 heterocycles. The Labute approximate surface area is 177 Å². The molecule has 0 aliphatic carbocycles. The summed E-state index contributed by atoms with van der Waals surface area (Å²) in [5.41, 5.74) is 4.28. The lowest BCUT2D eigenvalue weighted by Gasteiger charge is -2.36. The molecule has 0 radical (unpaired) electrons. The number of aryl methyl sites for hydroxylation is 1. The first-order valence-corrected chi connectivity index (χ1v) is 11.7. The Hall–Kier alpha value is -2.48. The molecule has 2 aromatic carbocycles. The van der Waals surface area contributed by atoms with E-state index in [4.69, 9.17) is 0 Å². The Balaban J connectivity index is 1.51. The van der Waals surface area contributed by atoms with Crippen LogP contribution < -0.4 is 4.72 Å². The van der Waals surface area contributed by atoms with E-state index < -0.39 is 10.0 Å². The van der Waals surface area contributed by atoms with Gasteiger partial charge < -0.3 is 4.57 Å². The maximum absolute atomic E-state index is 13.1. The smallest absolute Gasteiger partial charge is 0.215 e. The normalized spacial score (nSPS) is 15.7. The highest BCUT2D eigenvalue weighted by atomic mass is 32.2. The highest BCUT2D eigenvalue weighted by Gasteiger charge is 2.27. The molecular formula is C23H26FN3O2S. The third-order valence-corrected chi connectivity index (χ3v) is 7.01. The minimum absolute atomic E-state index is 0.0821. The molecule has 3 aromatic rings. The molecule has 0 saturated heterocycles. The molecule has 1 aliphatic heterocycles. The van der Waals surface area contributed by atoms with Gasteiger partial charge in [0.2, 0.25) is 10.0 Å². The van der Waals surface area contributed by atoms with Gasteiger partial charge in [0, 0.05) is 38.6 Å². The van der Waals surface area contributed by atoms with Gasteiger partial charge in [-0.05, 0) is 47.4 Å². The van der Waals surface area contributed by atoms with Gasteiger partial charge in [0.15, 0.2) is 0 Å². The first kappa shape index (κ1) is 20.8. The summed E-state index contributed by atoms with van der Waals surface area (Å²) in [5.74, 6) is -0.547. The summed E-state index contributed by atoms with van der Waals surface area (Å²) in [6.45, 7) is 1.93. The van der Waals surface area contributed by atoms with Crippen LogP contribution in [0.15, 0.2) is 66.9 Å². The number of rotatable bonds is 7. The average Bonchev–Trinajstić information content (AvgIpc) is 3.15. The first-order chi connectivity index (χ1) is 14.4. The highest BCUT2D eigenvalue weighted by Crippen LogP contribution is 2.28. The van der Waals surface area contributed by atoms with Crippen LogP contribution in [-0.2, 0) is 35.8 Å². The zero-order valence-corrected chi connectivity index (χ0v) is 17.8. The molecule has 4 rings (SSSR count). The van der Waals surface area contributed by atoms with Gasteiger partial charge >= 0.3 is 0 Å². The topological polar surface area (TPSA) is 54.3 Å². The van der Waals surface area contributed by atoms with Crippen molar-refractivity contribution in [2.24, 2.45) is 7.05 Å². The van der Waals surface area contributed by atoms with Crippen LogP contribution in [0.4, 0.5) is 4.39 Å². The summed E-state index contributed by atoms with van der Waals surface area (Å²) >= 11 is 0. The van der Waals surface area contributed by atoms with E-state index in [-0.39, 0.29) is 24.2 Å². The minimum Gasteiger partial charge on any atom is -0.353 e. The van der Waals surface area contributed by atoms with Crippen molar-refractivity contribution in [3.05, 3.63) is 95.1 Å². The molecule has 1 aromatic heterocycles. The fraction of sp³-hybridized carbons (Fsp3) is 0.304. The van der Waals surface area contributed by atoms with Crippen LogP contribution in [0.2, 0.25) is 0 Å². The molecule has 1 N–H and O–H groups in total. The van der Waals surface area contributed by atoms with Crippen molar-refractivity contribution in [1.29, 1.82) is 0 Å². The van der Waals surface area contributed by atoms with Crippen molar-refractivity contribution in [3.8, 4) is 0 Å². The first-order valence-electron chi connectivity index (χ1n) is 10.0. The van der Waals surface area contributed by atoms with E-state index in [1.165, 1.54) is 35.4 Å². The summed E-state index contributed by atoms with van der Waals surface area (Å²) in [5, 5.41) is 0. The molecule has 0 amide bonds. The van der Waals surface area contributed by atoms with E-state index in [2.05, 4.69) is 27.8 Å². The number of sulfonamides is 1. The van der Waals surface area contributed by atoms with Crippen molar-refractivity contribution in [2.45, 2.75) is 24.8 Å². The molecule has 30 heavy (non-hydrogen) atoms. The predicted octanol–water partition coefficient (Wildman–Crippen LogP) is 3.38. The number of hydrogen-bond donors (Lipinski definition) is 1. The number of halogens is 1. The SMILES string of the molecule is Cn1cccc1[C@H](CNS(=O)(=O)Cc1ccc(F)cc1)N1CCc2ccccc2C1. The van der Waals surface area contributed by atoms with Crippen molar-refractivity contribution in [3.63, 3.8) is 0 Å². The van der Waals surface area contributed by atoms with Gasteiger partial charge in [0.25, 0.3) is 0 Å². The number of nitrogens with one attached hydrogen (secondary N) is 1. The highest BCUT2D eigenvalue weighted by molar-refractivity contribution is 7.88. The number of fused-ring (bicyclic) bond motifs is 1. The van der Waals surface area contributed by atoms with E-state index in [1.54, 1.807) is 0 Å². The van der Waals surface area contributed by atoms with Crippen molar-refractivity contribution >= 4 is 10.0 Å². The molecule has 0 fully saturated rings. The van der Waals surface area contributed by atoms with E-state index in [9.17, 15) is 12.8 Å². The Morgan fingerprint density at radius 2 is 1.77 bits per heavy atom. The number of nitrogens with zero attached hydrogens (tertiary/aromatic N) is 2. The monoisotopic (exact) mass is 427 g/mol. The molecule has 1 atom stereocenters. The predicted molar refractivity (Wildman–Crippen MR) is 116 cm³/mol. The van der Waals surface area contributed by atoms with Crippen LogP contribution >= 0.6 is 0 Å². The van der Waals surface area contributed by atoms with Crippen LogP contribution in [-0.4, -0.2) is 31.0 Å². The van der Waals surface area contributed by atoms with E-state index >= 15 is 0 Å². The summed E-state index contributed by atoms with van der Waals surface area (Å²) < 4.78 is 43.3. The largest absolute Gasteiger partial charge is 0.353 e. The minimum atomic E-state index is -3.55. The third kappa shape index (κ3) is 4.80. The molecule has 0 saturated carbocycles. The lowest BCUT2D eigenvalue weighted by molar-refractivity contribution is 0.174. The molecule has 1 aliphatic rings. The Bertz CT molecular complexity index is 1110. The molecule has 158 valence electrons. The van der Waals surface area contributed by atoms with Crippen LogP contribution in [0.25, 0.3) is 0 Å². The molecule has 5 nitrogen and oxygen atoms in total. The number of benzene rings is 2. The van der Waals surface area contributed by atoms with Crippen molar-refractivity contribution in [1.82, 2.24) is 14.2 Å². The van der Waals surface area contributed by atoms with Gasteiger partial charge in [-0.25, -0.2) is 17.5 Å². The second kappa shape index (κ2) is 8.71. The molecule has 0 unspecified atom stereocenters. The van der Waals surface area contributed by atoms with Crippen molar-refractivity contribution in [2.75, 3.05) is 13.1 Å². The van der Waals surface area contributed by atoms with Gasteiger partial charge in [-0.2, -0.15) is 0 Å². The Morgan fingerprint density at radius 3 is 2.47 bits per heavy atom. The molecule has 7 heteroatoms. The fourth-order valence-electron chi connectivity index (χ4n) is 4.08. The second-order valence-electron chi connectivity index (χ2n) is 7.78. The quantitative estimate of drug-likeness (QED) is 0.629. The molecule has 0 spiro atoms. The summed E-state index contributed by atoms with van der Waals surface area (Å²) in [7, 11) is -1.57. The maximum Gasteiger partial charge on any atom is 0.215 e. The van der Waals surface area contributed by atoms with Crippen LogP contribution in [0.3, 0.4) is 0 Å². The standard InChI is InChI=1S/C23H26FN3O2S/c1-26-13-4-7-22(26)23(27-14-12-19-5-2-3-6-20(19)16-27)15-25-30(28,29)17-18-8-10-21(24)11-9-18/h2-11,13,23,25H,12,14-17H2,1H3/t23-/m0/s1. The zero-order valence-electron chi connectivity index (χ0n) is 17.0. The Morgan fingerprint density at radius 1 is 1.03 bits per heavy atom. The van der Waals surface area contributed by atoms with Gasteiger partial charge in [-0.15, -0.1) is 0 Å². The summed E-state index contributed by atoms with van der Waals surface area (Å²) in [6, 6.07) is 17.9. The number of aromatic nitrogens is 1. The lowest BCUT2D eigenvalue weighted by Crippen LogP contribution is -2.41. The lowest BCUT2D eigenvalue weighted by atomic mass is 9.98. The fourth-order valence-corrected chi connectivity index (χ4v) is 5.23. The summed E-state index contributed by atoms with van der Waals surface area (Å²) in [6.07, 6.45) is 2.92. The molecular weight excluding hydrogens is 401 g/mol. The summed E-state index contributed by atoms with van der Waals surface area (Å²) in [4.78, 5) is 2.33. The molecule has 0 bridgehead atoms. The third-order valence-electron chi connectivity index (χ3n) is 5.69. The van der Waals surface area contributed by atoms with Gasteiger partial charge in [0.05, 0.1) is 11.8 Å². The van der Waals surface area contributed by atoms with E-state index in [0.717, 1.165) is 25.2 Å². The number of hydrogen-bond acceptors (Lipinski definition) is 3.